The van der Waals surface area contributed by atoms with Gasteiger partial charge < -0.3 is 10.2 Å². The summed E-state index contributed by atoms with van der Waals surface area (Å²) in [6, 6.07) is 14.9. The van der Waals surface area contributed by atoms with Crippen molar-refractivity contribution in [3.05, 3.63) is 54.1 Å². The van der Waals surface area contributed by atoms with Gasteiger partial charge in [0, 0.05) is 19.6 Å². The van der Waals surface area contributed by atoms with Gasteiger partial charge in [-0.1, -0.05) is 36.4 Å². The number of hydrogen-bond donors (Lipinski definition) is 1. The van der Waals surface area contributed by atoms with Gasteiger partial charge in [-0.3, -0.25) is 4.79 Å². The molecule has 1 unspecified atom stereocenters. The number of amides is 1. The van der Waals surface area contributed by atoms with E-state index < -0.39 is 16.1 Å². The van der Waals surface area contributed by atoms with Crippen LogP contribution < -0.4 is 5.32 Å². The van der Waals surface area contributed by atoms with Crippen LogP contribution >= 0.6 is 11.7 Å². The van der Waals surface area contributed by atoms with Crippen LogP contribution in [-0.4, -0.2) is 71.0 Å². The maximum atomic E-state index is 13.4. The van der Waals surface area contributed by atoms with Crippen LogP contribution in [0.2, 0.25) is 0 Å². The van der Waals surface area contributed by atoms with Gasteiger partial charge in [0.25, 0.3) is 0 Å². The smallest absolute Gasteiger partial charge is 0.246 e. The van der Waals surface area contributed by atoms with Crippen molar-refractivity contribution < 1.29 is 13.2 Å². The lowest BCUT2D eigenvalue weighted by molar-refractivity contribution is -0.124. The number of nitrogens with zero attached hydrogens (tertiary/aromatic N) is 4. The number of likely N-dealkylation sites (tertiary alicyclic amines) is 1. The molecular weight excluding hydrogens is 482 g/mol. The normalized spacial score (nSPS) is 20.4. The van der Waals surface area contributed by atoms with Crippen LogP contribution in [0.25, 0.3) is 11.0 Å². The number of fused-ring (bicyclic) bond motifs is 1. The molecule has 1 N–H and O–H groups in total. The first-order valence-electron chi connectivity index (χ1n) is 12.3. The Hall–Kier alpha value is -2.40. The molecule has 5 rings (SSSR count). The Morgan fingerprint density at radius 1 is 1.00 bits per heavy atom. The number of hydrogen-bond acceptors (Lipinski definition) is 7. The number of nitrogens with one attached hydrogen (secondary N) is 1. The van der Waals surface area contributed by atoms with E-state index in [1.165, 1.54) is 9.87 Å². The molecule has 2 aliphatic rings. The number of piperidine rings is 1. The van der Waals surface area contributed by atoms with Crippen molar-refractivity contribution in [1.82, 2.24) is 23.3 Å². The summed E-state index contributed by atoms with van der Waals surface area (Å²) in [7, 11) is -3.84. The zero-order valence-electron chi connectivity index (χ0n) is 19.7. The first-order valence-corrected chi connectivity index (χ1v) is 14.5. The van der Waals surface area contributed by atoms with Gasteiger partial charge in [-0.15, -0.1) is 0 Å². The zero-order valence-corrected chi connectivity index (χ0v) is 21.3. The van der Waals surface area contributed by atoms with Crippen molar-refractivity contribution >= 4 is 38.7 Å². The Kier molecular flexibility index (Phi) is 7.43. The van der Waals surface area contributed by atoms with Crippen molar-refractivity contribution in [3.8, 4) is 0 Å². The third kappa shape index (κ3) is 5.40. The van der Waals surface area contributed by atoms with E-state index in [1.54, 1.807) is 18.2 Å². The molecule has 35 heavy (non-hydrogen) atoms. The maximum Gasteiger partial charge on any atom is 0.246 e. The van der Waals surface area contributed by atoms with E-state index in [0.717, 1.165) is 50.6 Å². The van der Waals surface area contributed by atoms with Crippen LogP contribution in [0, 0.1) is 5.92 Å². The van der Waals surface area contributed by atoms with E-state index >= 15 is 0 Å². The Morgan fingerprint density at radius 2 is 1.80 bits per heavy atom. The Balaban J connectivity index is 1.12. The van der Waals surface area contributed by atoms with Crippen LogP contribution in [0.5, 0.6) is 0 Å². The summed E-state index contributed by atoms with van der Waals surface area (Å²) in [6.07, 6.45) is 4.64. The largest absolute Gasteiger partial charge is 0.353 e. The fourth-order valence-electron chi connectivity index (χ4n) is 5.22. The van der Waals surface area contributed by atoms with E-state index in [-0.39, 0.29) is 10.8 Å². The van der Waals surface area contributed by atoms with Crippen molar-refractivity contribution in [2.24, 2.45) is 5.92 Å². The second-order valence-corrected chi connectivity index (χ2v) is 11.8. The SMILES string of the molecule is O=C(NCCN1CCC(Cc2ccccc2)CC1)C1CCCN1S(=O)(=O)c1cccc2nsnc12. The topological polar surface area (TPSA) is 95.5 Å². The van der Waals surface area contributed by atoms with E-state index in [2.05, 4.69) is 49.3 Å². The highest BCUT2D eigenvalue weighted by atomic mass is 32.2. The highest BCUT2D eigenvalue weighted by Gasteiger charge is 2.40. The number of aromatic nitrogens is 2. The second kappa shape index (κ2) is 10.7. The molecule has 1 atom stereocenters. The summed E-state index contributed by atoms with van der Waals surface area (Å²) in [5.74, 6) is 0.492. The first kappa shape index (κ1) is 24.3. The molecule has 2 aliphatic heterocycles. The minimum atomic E-state index is -3.84. The van der Waals surface area contributed by atoms with Crippen molar-refractivity contribution in [2.75, 3.05) is 32.7 Å². The van der Waals surface area contributed by atoms with Crippen molar-refractivity contribution in [3.63, 3.8) is 0 Å². The number of benzene rings is 2. The number of sulfonamides is 1. The molecule has 0 saturated carbocycles. The van der Waals surface area contributed by atoms with Gasteiger partial charge in [0.05, 0.1) is 11.7 Å². The lowest BCUT2D eigenvalue weighted by atomic mass is 9.90. The number of rotatable bonds is 8. The Bertz CT molecular complexity index is 1260. The summed E-state index contributed by atoms with van der Waals surface area (Å²) in [5.41, 5.74) is 2.33. The number of carbonyl (C=O) groups is 1. The molecular formula is C25H31N5O3S2. The standard InChI is InChI=1S/C25H31N5O3S2/c31-25(26-13-17-29-15-11-20(12-16-29)18-19-6-2-1-3-7-19)22-9-5-14-30(22)35(32,33)23-10-4-8-21-24(23)28-34-27-21/h1-4,6-8,10,20,22H,5,9,11-18H2,(H,26,31). The lowest BCUT2D eigenvalue weighted by Crippen LogP contribution is -2.48. The summed E-state index contributed by atoms with van der Waals surface area (Å²) in [6.45, 7) is 3.71. The molecule has 0 spiro atoms. The third-order valence-corrected chi connectivity index (χ3v) is 9.63. The molecule has 186 valence electrons. The van der Waals surface area contributed by atoms with E-state index in [1.807, 2.05) is 0 Å². The molecule has 2 aromatic carbocycles. The Morgan fingerprint density at radius 3 is 2.60 bits per heavy atom. The van der Waals surface area contributed by atoms with Crippen molar-refractivity contribution in [1.29, 1.82) is 0 Å². The highest BCUT2D eigenvalue weighted by molar-refractivity contribution is 7.89. The fraction of sp³-hybridized carbons (Fsp3) is 0.480. The minimum absolute atomic E-state index is 0.127. The van der Waals surface area contributed by atoms with Gasteiger partial charge in [-0.2, -0.15) is 13.1 Å². The van der Waals surface area contributed by atoms with Gasteiger partial charge in [-0.25, -0.2) is 8.42 Å². The lowest BCUT2D eigenvalue weighted by Gasteiger charge is -2.32. The summed E-state index contributed by atoms with van der Waals surface area (Å²) in [4.78, 5) is 15.5. The molecule has 1 aromatic heterocycles. The summed E-state index contributed by atoms with van der Waals surface area (Å²) < 4.78 is 36.5. The monoisotopic (exact) mass is 513 g/mol. The van der Waals surface area contributed by atoms with E-state index in [0.29, 0.717) is 42.9 Å². The van der Waals surface area contributed by atoms with E-state index in [9.17, 15) is 13.2 Å². The van der Waals surface area contributed by atoms with Gasteiger partial charge >= 0.3 is 0 Å². The van der Waals surface area contributed by atoms with Crippen LogP contribution in [-0.2, 0) is 21.2 Å². The van der Waals surface area contributed by atoms with Crippen molar-refractivity contribution in [2.45, 2.75) is 43.0 Å². The minimum Gasteiger partial charge on any atom is -0.353 e. The maximum absolute atomic E-state index is 13.4. The predicted molar refractivity (Wildman–Crippen MR) is 137 cm³/mol. The highest BCUT2D eigenvalue weighted by Crippen LogP contribution is 2.30. The molecule has 0 radical (unpaired) electrons. The molecule has 10 heteroatoms. The molecule has 2 saturated heterocycles. The molecule has 0 aliphatic carbocycles. The van der Waals surface area contributed by atoms with Gasteiger partial charge in [0.1, 0.15) is 22.0 Å². The molecule has 2 fully saturated rings. The second-order valence-electron chi connectivity index (χ2n) is 9.43. The molecule has 3 heterocycles. The average molecular weight is 514 g/mol. The summed E-state index contributed by atoms with van der Waals surface area (Å²) in [5, 5.41) is 3.00. The van der Waals surface area contributed by atoms with Crippen LogP contribution in [0.15, 0.2) is 53.4 Å². The predicted octanol–water partition coefficient (Wildman–Crippen LogP) is 2.92. The van der Waals surface area contributed by atoms with Crippen LogP contribution in [0.1, 0.15) is 31.2 Å². The third-order valence-electron chi connectivity index (χ3n) is 7.14. The molecule has 8 nitrogen and oxygen atoms in total. The van der Waals surface area contributed by atoms with E-state index in [4.69, 9.17) is 0 Å². The summed E-state index contributed by atoms with van der Waals surface area (Å²) >= 11 is 0.991. The van der Waals surface area contributed by atoms with Crippen LogP contribution in [0.3, 0.4) is 0 Å². The zero-order chi connectivity index (χ0) is 24.3. The number of carbonyl (C=O) groups excluding carboxylic acids is 1. The first-order chi connectivity index (χ1) is 17.0. The molecule has 3 aromatic rings. The van der Waals surface area contributed by atoms with Gasteiger partial charge in [-0.05, 0) is 68.8 Å². The molecule has 1 amide bonds. The molecule has 0 bridgehead atoms. The van der Waals surface area contributed by atoms with Gasteiger partial charge in [0.15, 0.2) is 0 Å². The quantitative estimate of drug-likeness (QED) is 0.498. The average Bonchev–Trinajstić information content (AvgIpc) is 3.56. The van der Waals surface area contributed by atoms with Gasteiger partial charge in [0.2, 0.25) is 15.9 Å². The van der Waals surface area contributed by atoms with Crippen LogP contribution in [0.4, 0.5) is 0 Å². The fourth-order valence-corrected chi connectivity index (χ4v) is 7.63. The Labute approximate surface area is 210 Å².